The number of carbonyl (C=O) groups is 1. The topological polar surface area (TPSA) is 81.1 Å². The second kappa shape index (κ2) is 7.47. The Labute approximate surface area is 138 Å². The van der Waals surface area contributed by atoms with E-state index in [0.29, 0.717) is 5.82 Å². The van der Waals surface area contributed by atoms with Crippen LogP contribution in [0.5, 0.6) is 0 Å². The van der Waals surface area contributed by atoms with Gasteiger partial charge >= 0.3 is 0 Å². The van der Waals surface area contributed by atoms with Crippen molar-refractivity contribution in [1.82, 2.24) is 9.78 Å². The van der Waals surface area contributed by atoms with E-state index in [1.54, 1.807) is 16.9 Å². The lowest BCUT2D eigenvalue weighted by Crippen LogP contribution is -2.36. The lowest BCUT2D eigenvalue weighted by atomic mass is 9.91. The van der Waals surface area contributed by atoms with Crippen molar-refractivity contribution in [3.63, 3.8) is 0 Å². The van der Waals surface area contributed by atoms with Gasteiger partial charge in [0.05, 0.1) is 11.9 Å². The van der Waals surface area contributed by atoms with Gasteiger partial charge in [-0.3, -0.25) is 4.79 Å². The zero-order chi connectivity index (χ0) is 17.0. The van der Waals surface area contributed by atoms with E-state index in [0.717, 1.165) is 25.7 Å². The number of hydrogen-bond donors (Lipinski definition) is 1. The summed E-state index contributed by atoms with van der Waals surface area (Å²) in [6.07, 6.45) is 6.87. The van der Waals surface area contributed by atoms with Crippen molar-refractivity contribution in [1.29, 1.82) is 0 Å². The molecule has 1 atom stereocenters. The van der Waals surface area contributed by atoms with E-state index in [4.69, 9.17) is 0 Å². The van der Waals surface area contributed by atoms with Gasteiger partial charge in [0.15, 0.2) is 9.84 Å². The molecule has 7 heteroatoms. The molecule has 23 heavy (non-hydrogen) atoms. The van der Waals surface area contributed by atoms with Gasteiger partial charge in [0.25, 0.3) is 0 Å². The monoisotopic (exact) mass is 341 g/mol. The lowest BCUT2D eigenvalue weighted by molar-refractivity contribution is -0.115. The fraction of sp³-hybridized carbons (Fsp3) is 0.750. The molecule has 1 fully saturated rings. The smallest absolute Gasteiger partial charge is 0.243 e. The molecule has 0 bridgehead atoms. The van der Waals surface area contributed by atoms with Crippen molar-refractivity contribution >= 4 is 21.6 Å². The molecule has 1 N–H and O–H groups in total. The number of amides is 1. The average molecular weight is 341 g/mol. The largest absolute Gasteiger partial charge is 0.310 e. The highest BCUT2D eigenvalue weighted by molar-refractivity contribution is 7.92. The standard InChI is InChI=1S/C16H27N3O3S/c1-12(2)19-15(9-10-17-19)18-16(20)13(3)23(21,22)11-14-7-5-4-6-8-14/h9-10,12-14H,4-8,11H2,1-3H3,(H,18,20). The third-order valence-electron chi connectivity index (χ3n) is 4.51. The molecule has 1 aromatic rings. The molecule has 1 aliphatic carbocycles. The van der Waals surface area contributed by atoms with E-state index in [1.807, 2.05) is 13.8 Å². The molecule has 2 rings (SSSR count). The maximum atomic E-state index is 12.5. The summed E-state index contributed by atoms with van der Waals surface area (Å²) in [6, 6.07) is 1.77. The molecule has 130 valence electrons. The Morgan fingerprint density at radius 3 is 2.57 bits per heavy atom. The third kappa shape index (κ3) is 4.56. The minimum atomic E-state index is -3.44. The molecule has 1 aromatic heterocycles. The van der Waals surface area contributed by atoms with E-state index >= 15 is 0 Å². The van der Waals surface area contributed by atoms with Gasteiger partial charge in [-0.2, -0.15) is 5.10 Å². The van der Waals surface area contributed by atoms with Gasteiger partial charge in [0.1, 0.15) is 11.1 Å². The molecular formula is C16H27N3O3S. The Hall–Kier alpha value is -1.37. The molecule has 1 aliphatic rings. The summed E-state index contributed by atoms with van der Waals surface area (Å²) in [4.78, 5) is 12.3. The fourth-order valence-electron chi connectivity index (χ4n) is 3.04. The molecule has 1 amide bonds. The first kappa shape index (κ1) is 18.0. The van der Waals surface area contributed by atoms with E-state index in [-0.39, 0.29) is 17.7 Å². The Bertz CT molecular complexity index is 631. The highest BCUT2D eigenvalue weighted by atomic mass is 32.2. The molecule has 0 saturated heterocycles. The Kier molecular flexibility index (Phi) is 5.84. The number of hydrogen-bond acceptors (Lipinski definition) is 4. The summed E-state index contributed by atoms with van der Waals surface area (Å²) in [5.41, 5.74) is 0. The van der Waals surface area contributed by atoms with Crippen LogP contribution in [0, 0.1) is 5.92 Å². The minimum Gasteiger partial charge on any atom is -0.310 e. The van der Waals surface area contributed by atoms with Crippen LogP contribution in [0.4, 0.5) is 5.82 Å². The normalized spacial score (nSPS) is 18.1. The van der Waals surface area contributed by atoms with Gasteiger partial charge in [-0.05, 0) is 39.5 Å². The highest BCUT2D eigenvalue weighted by Crippen LogP contribution is 2.26. The van der Waals surface area contributed by atoms with Crippen LogP contribution >= 0.6 is 0 Å². The molecule has 0 aromatic carbocycles. The molecule has 6 nitrogen and oxygen atoms in total. The maximum Gasteiger partial charge on any atom is 0.243 e. The maximum absolute atomic E-state index is 12.5. The van der Waals surface area contributed by atoms with Gasteiger partial charge in [0, 0.05) is 12.1 Å². The van der Waals surface area contributed by atoms with Crippen LogP contribution in [-0.4, -0.2) is 35.1 Å². The first-order chi connectivity index (χ1) is 10.8. The van der Waals surface area contributed by atoms with E-state index in [1.165, 1.54) is 13.3 Å². The fourth-order valence-corrected chi connectivity index (χ4v) is 4.71. The summed E-state index contributed by atoms with van der Waals surface area (Å²) in [6.45, 7) is 5.38. The summed E-state index contributed by atoms with van der Waals surface area (Å²) < 4.78 is 26.7. The van der Waals surface area contributed by atoms with Crippen LogP contribution in [0.2, 0.25) is 0 Å². The predicted molar refractivity (Wildman–Crippen MR) is 91.1 cm³/mol. The van der Waals surface area contributed by atoms with Crippen molar-refractivity contribution in [2.75, 3.05) is 11.1 Å². The number of rotatable bonds is 6. The SMILES string of the molecule is CC(C)n1nccc1NC(=O)C(C)S(=O)(=O)CC1CCCCC1. The summed E-state index contributed by atoms with van der Waals surface area (Å²) in [5.74, 6) is 0.364. The number of nitrogens with one attached hydrogen (secondary N) is 1. The molecule has 0 radical (unpaired) electrons. The van der Waals surface area contributed by atoms with Gasteiger partial charge in [0.2, 0.25) is 5.91 Å². The second-order valence-corrected chi connectivity index (χ2v) is 9.09. The first-order valence-electron chi connectivity index (χ1n) is 8.37. The van der Waals surface area contributed by atoms with Crippen LogP contribution in [0.3, 0.4) is 0 Å². The summed E-state index contributed by atoms with van der Waals surface area (Å²) in [5, 5.41) is 5.79. The van der Waals surface area contributed by atoms with Gasteiger partial charge < -0.3 is 5.32 Å². The van der Waals surface area contributed by atoms with Crippen molar-refractivity contribution in [2.45, 2.75) is 64.2 Å². The molecule has 1 saturated carbocycles. The van der Waals surface area contributed by atoms with Gasteiger partial charge in [-0.25, -0.2) is 13.1 Å². The van der Waals surface area contributed by atoms with Crippen molar-refractivity contribution < 1.29 is 13.2 Å². The number of sulfone groups is 1. The zero-order valence-corrected chi connectivity index (χ0v) is 15.0. The molecule has 0 spiro atoms. The van der Waals surface area contributed by atoms with Crippen LogP contribution in [0.1, 0.15) is 58.9 Å². The van der Waals surface area contributed by atoms with Crippen LogP contribution in [0.25, 0.3) is 0 Å². The van der Waals surface area contributed by atoms with Crippen molar-refractivity contribution in [2.24, 2.45) is 5.92 Å². The van der Waals surface area contributed by atoms with Crippen LogP contribution in [0.15, 0.2) is 12.3 Å². The van der Waals surface area contributed by atoms with E-state index in [9.17, 15) is 13.2 Å². The summed E-state index contributed by atoms with van der Waals surface area (Å²) >= 11 is 0. The first-order valence-corrected chi connectivity index (χ1v) is 10.1. The highest BCUT2D eigenvalue weighted by Gasteiger charge is 2.31. The van der Waals surface area contributed by atoms with E-state index in [2.05, 4.69) is 10.4 Å². The predicted octanol–water partition coefficient (Wildman–Crippen LogP) is 2.79. The molecule has 1 heterocycles. The minimum absolute atomic E-state index is 0.0921. The summed E-state index contributed by atoms with van der Waals surface area (Å²) in [7, 11) is -3.44. The molecule has 0 aliphatic heterocycles. The van der Waals surface area contributed by atoms with Gasteiger partial charge in [-0.1, -0.05) is 19.3 Å². The van der Waals surface area contributed by atoms with Crippen molar-refractivity contribution in [3.8, 4) is 0 Å². The number of carbonyl (C=O) groups excluding carboxylic acids is 1. The van der Waals surface area contributed by atoms with Crippen molar-refractivity contribution in [3.05, 3.63) is 12.3 Å². The third-order valence-corrected chi connectivity index (χ3v) is 6.74. The second-order valence-electron chi connectivity index (χ2n) is 6.72. The Morgan fingerprint density at radius 2 is 1.96 bits per heavy atom. The molecule has 1 unspecified atom stereocenters. The van der Waals surface area contributed by atoms with E-state index < -0.39 is 21.0 Å². The van der Waals surface area contributed by atoms with Crippen LogP contribution in [-0.2, 0) is 14.6 Å². The lowest BCUT2D eigenvalue weighted by Gasteiger charge is -2.23. The zero-order valence-electron chi connectivity index (χ0n) is 14.2. The number of nitrogens with zero attached hydrogens (tertiary/aromatic N) is 2. The Balaban J connectivity index is 2.01. The van der Waals surface area contributed by atoms with Crippen LogP contribution < -0.4 is 5.32 Å². The van der Waals surface area contributed by atoms with Gasteiger partial charge in [-0.15, -0.1) is 0 Å². The average Bonchev–Trinajstić information content (AvgIpc) is 2.95. The Morgan fingerprint density at radius 1 is 1.30 bits per heavy atom. The molecular weight excluding hydrogens is 314 g/mol. The quantitative estimate of drug-likeness (QED) is 0.862. The number of aromatic nitrogens is 2. The number of anilines is 1.